The average molecular weight is 286 g/mol. The van der Waals surface area contributed by atoms with E-state index in [1.54, 1.807) is 0 Å². The predicted molar refractivity (Wildman–Crippen MR) is 83.3 cm³/mol. The minimum absolute atomic E-state index is 0.101. The Hall–Kier alpha value is -1.74. The first kappa shape index (κ1) is 14.7. The van der Waals surface area contributed by atoms with E-state index in [4.69, 9.17) is 5.11 Å². The highest BCUT2D eigenvalue weighted by Crippen LogP contribution is 2.18. The monoisotopic (exact) mass is 286 g/mol. The van der Waals surface area contributed by atoms with Crippen LogP contribution in [-0.4, -0.2) is 16.8 Å². The number of hydrogen-bond acceptors (Lipinski definition) is 2. The summed E-state index contributed by atoms with van der Waals surface area (Å²) in [7, 11) is 0. The number of aliphatic carboxylic acids is 1. The van der Waals surface area contributed by atoms with Gasteiger partial charge in [-0.1, -0.05) is 42.5 Å². The molecule has 0 atom stereocenters. The molecule has 3 heteroatoms. The molecule has 0 amide bonds. The van der Waals surface area contributed by atoms with Crippen LogP contribution in [0.15, 0.2) is 59.5 Å². The van der Waals surface area contributed by atoms with Gasteiger partial charge in [-0.2, -0.15) is 0 Å². The summed E-state index contributed by atoms with van der Waals surface area (Å²) in [6.07, 6.45) is 2.26. The normalized spacial score (nSPS) is 10.4. The van der Waals surface area contributed by atoms with Crippen LogP contribution in [0.25, 0.3) is 0 Å². The highest BCUT2D eigenvalue weighted by molar-refractivity contribution is 7.99. The van der Waals surface area contributed by atoms with Crippen LogP contribution in [0.1, 0.15) is 17.5 Å². The standard InChI is InChI=1S/C17H18O2S/c18-17(19)13-15-10-8-14(9-11-15)5-4-12-20-16-6-2-1-3-7-16/h1-3,6-11H,4-5,12-13H2,(H,18,19). The molecule has 0 unspecified atom stereocenters. The van der Waals surface area contributed by atoms with Gasteiger partial charge in [-0.3, -0.25) is 4.79 Å². The third-order valence-electron chi connectivity index (χ3n) is 3.00. The highest BCUT2D eigenvalue weighted by Gasteiger charge is 2.00. The van der Waals surface area contributed by atoms with E-state index in [-0.39, 0.29) is 6.42 Å². The average Bonchev–Trinajstić information content (AvgIpc) is 2.46. The van der Waals surface area contributed by atoms with Crippen molar-refractivity contribution in [2.45, 2.75) is 24.2 Å². The van der Waals surface area contributed by atoms with Crippen LogP contribution in [-0.2, 0) is 17.6 Å². The molecule has 0 aliphatic heterocycles. The second-order valence-corrected chi connectivity index (χ2v) is 5.82. The highest BCUT2D eigenvalue weighted by atomic mass is 32.2. The van der Waals surface area contributed by atoms with E-state index in [0.717, 1.165) is 24.2 Å². The minimum Gasteiger partial charge on any atom is -0.481 e. The molecule has 0 radical (unpaired) electrons. The Bertz CT molecular complexity index is 535. The Balaban J connectivity index is 1.73. The molecule has 0 fully saturated rings. The van der Waals surface area contributed by atoms with Gasteiger partial charge in [0.1, 0.15) is 0 Å². The SMILES string of the molecule is O=C(O)Cc1ccc(CCCSc2ccccc2)cc1. The van der Waals surface area contributed by atoms with Gasteiger partial charge in [-0.25, -0.2) is 0 Å². The lowest BCUT2D eigenvalue weighted by molar-refractivity contribution is -0.136. The molecule has 2 rings (SSSR count). The summed E-state index contributed by atoms with van der Waals surface area (Å²) in [5.41, 5.74) is 2.13. The van der Waals surface area contributed by atoms with E-state index in [2.05, 4.69) is 24.3 Å². The number of rotatable bonds is 7. The van der Waals surface area contributed by atoms with Gasteiger partial charge in [0, 0.05) is 4.90 Å². The summed E-state index contributed by atoms with van der Waals surface area (Å²) in [4.78, 5) is 11.9. The number of benzene rings is 2. The predicted octanol–water partition coefficient (Wildman–Crippen LogP) is 4.04. The van der Waals surface area contributed by atoms with Crippen molar-refractivity contribution in [3.8, 4) is 0 Å². The number of carboxylic acids is 1. The molecular weight excluding hydrogens is 268 g/mol. The summed E-state index contributed by atoms with van der Waals surface area (Å²) in [6, 6.07) is 18.3. The third-order valence-corrected chi connectivity index (χ3v) is 4.10. The molecule has 1 N–H and O–H groups in total. The van der Waals surface area contributed by atoms with E-state index in [1.165, 1.54) is 10.5 Å². The Labute approximate surface area is 123 Å². The Morgan fingerprint density at radius 1 is 0.950 bits per heavy atom. The lowest BCUT2D eigenvalue weighted by Crippen LogP contribution is -1.99. The van der Waals surface area contributed by atoms with Crippen molar-refractivity contribution in [3.63, 3.8) is 0 Å². The van der Waals surface area contributed by atoms with Crippen LogP contribution in [0.2, 0.25) is 0 Å². The fraction of sp³-hybridized carbons (Fsp3) is 0.235. The molecule has 0 aliphatic carbocycles. The molecule has 2 aromatic carbocycles. The zero-order valence-corrected chi connectivity index (χ0v) is 12.1. The second kappa shape index (κ2) is 7.75. The van der Waals surface area contributed by atoms with E-state index in [9.17, 15) is 4.79 Å². The van der Waals surface area contributed by atoms with Crippen molar-refractivity contribution in [2.75, 3.05) is 5.75 Å². The van der Waals surface area contributed by atoms with Crippen molar-refractivity contribution in [1.29, 1.82) is 0 Å². The summed E-state index contributed by atoms with van der Waals surface area (Å²) in [5.74, 6) is 0.318. The number of hydrogen-bond donors (Lipinski definition) is 1. The fourth-order valence-corrected chi connectivity index (χ4v) is 2.86. The van der Waals surface area contributed by atoms with Gasteiger partial charge in [-0.05, 0) is 41.9 Å². The Morgan fingerprint density at radius 2 is 1.60 bits per heavy atom. The van der Waals surface area contributed by atoms with Crippen LogP contribution < -0.4 is 0 Å². The molecule has 0 heterocycles. The molecule has 0 aromatic heterocycles. The van der Waals surface area contributed by atoms with Crippen LogP contribution >= 0.6 is 11.8 Å². The lowest BCUT2D eigenvalue weighted by Gasteiger charge is -2.04. The van der Waals surface area contributed by atoms with Crippen LogP contribution in [0.4, 0.5) is 0 Å². The minimum atomic E-state index is -0.781. The first-order valence-electron chi connectivity index (χ1n) is 6.71. The second-order valence-electron chi connectivity index (χ2n) is 4.65. The van der Waals surface area contributed by atoms with Crippen molar-refractivity contribution < 1.29 is 9.90 Å². The lowest BCUT2D eigenvalue weighted by atomic mass is 10.1. The summed E-state index contributed by atoms with van der Waals surface area (Å²) in [5, 5.41) is 8.72. The number of carbonyl (C=O) groups is 1. The smallest absolute Gasteiger partial charge is 0.307 e. The topological polar surface area (TPSA) is 37.3 Å². The van der Waals surface area contributed by atoms with Gasteiger partial charge in [0.15, 0.2) is 0 Å². The van der Waals surface area contributed by atoms with Gasteiger partial charge in [0.2, 0.25) is 0 Å². The zero-order valence-electron chi connectivity index (χ0n) is 11.3. The van der Waals surface area contributed by atoms with E-state index < -0.39 is 5.97 Å². The van der Waals surface area contributed by atoms with Crippen LogP contribution in [0, 0.1) is 0 Å². The summed E-state index contributed by atoms with van der Waals surface area (Å²) >= 11 is 1.87. The first-order chi connectivity index (χ1) is 9.74. The van der Waals surface area contributed by atoms with Gasteiger partial charge < -0.3 is 5.11 Å². The number of carboxylic acid groups (broad SMARTS) is 1. The number of aryl methyl sites for hydroxylation is 1. The number of thioether (sulfide) groups is 1. The zero-order chi connectivity index (χ0) is 14.2. The first-order valence-corrected chi connectivity index (χ1v) is 7.70. The van der Waals surface area contributed by atoms with Crippen molar-refractivity contribution >= 4 is 17.7 Å². The molecule has 0 saturated heterocycles. The van der Waals surface area contributed by atoms with Crippen LogP contribution in [0.3, 0.4) is 0 Å². The largest absolute Gasteiger partial charge is 0.481 e. The third kappa shape index (κ3) is 5.10. The van der Waals surface area contributed by atoms with E-state index in [0.29, 0.717) is 0 Å². The van der Waals surface area contributed by atoms with E-state index in [1.807, 2.05) is 42.1 Å². The fourth-order valence-electron chi connectivity index (χ4n) is 1.98. The Kier molecular flexibility index (Phi) is 5.69. The molecule has 0 saturated carbocycles. The maximum Gasteiger partial charge on any atom is 0.307 e. The molecule has 0 aliphatic rings. The molecule has 2 nitrogen and oxygen atoms in total. The Morgan fingerprint density at radius 3 is 2.25 bits per heavy atom. The van der Waals surface area contributed by atoms with Gasteiger partial charge >= 0.3 is 5.97 Å². The maximum atomic E-state index is 10.6. The van der Waals surface area contributed by atoms with Crippen molar-refractivity contribution in [1.82, 2.24) is 0 Å². The molecule has 0 spiro atoms. The van der Waals surface area contributed by atoms with Crippen molar-refractivity contribution in [2.24, 2.45) is 0 Å². The summed E-state index contributed by atoms with van der Waals surface area (Å²) < 4.78 is 0. The molecule has 2 aromatic rings. The van der Waals surface area contributed by atoms with Gasteiger partial charge in [0.05, 0.1) is 6.42 Å². The molecular formula is C17H18O2S. The quantitative estimate of drug-likeness (QED) is 0.616. The molecule has 104 valence electrons. The van der Waals surface area contributed by atoms with Crippen molar-refractivity contribution in [3.05, 3.63) is 65.7 Å². The summed E-state index contributed by atoms with van der Waals surface area (Å²) in [6.45, 7) is 0. The van der Waals surface area contributed by atoms with E-state index >= 15 is 0 Å². The van der Waals surface area contributed by atoms with Crippen LogP contribution in [0.5, 0.6) is 0 Å². The van der Waals surface area contributed by atoms with Gasteiger partial charge in [0.25, 0.3) is 0 Å². The molecule has 0 bridgehead atoms. The molecule has 20 heavy (non-hydrogen) atoms. The maximum absolute atomic E-state index is 10.6. The van der Waals surface area contributed by atoms with Gasteiger partial charge in [-0.15, -0.1) is 11.8 Å².